The summed E-state index contributed by atoms with van der Waals surface area (Å²) in [4.78, 5) is 17.7. The minimum Gasteiger partial charge on any atom is -0.495 e. The number of hydrogen-bond acceptors (Lipinski definition) is 8. The van der Waals surface area contributed by atoms with Gasteiger partial charge in [-0.3, -0.25) is 14.2 Å². The molecule has 0 fully saturated rings. The van der Waals surface area contributed by atoms with Crippen LogP contribution >= 0.6 is 11.6 Å². The first-order valence-electron chi connectivity index (χ1n) is 11.8. The van der Waals surface area contributed by atoms with E-state index in [4.69, 9.17) is 21.1 Å². The number of benzene rings is 1. The number of alkyl halides is 3. The Bertz CT molecular complexity index is 1520. The Kier molecular flexibility index (Phi) is 7.98. The lowest BCUT2D eigenvalue weighted by Crippen LogP contribution is -2.51. The van der Waals surface area contributed by atoms with E-state index in [2.05, 4.69) is 10.1 Å². The number of nitrogens with zero attached hydrogens (tertiary/aromatic N) is 5. The quantitative estimate of drug-likeness (QED) is 0.363. The summed E-state index contributed by atoms with van der Waals surface area (Å²) in [5, 5.41) is 5.63. The van der Waals surface area contributed by atoms with Crippen LogP contribution in [0.2, 0.25) is 5.02 Å². The molecule has 15 heteroatoms. The molecule has 0 bridgehead atoms. The number of sulfonamides is 1. The summed E-state index contributed by atoms with van der Waals surface area (Å²) in [7, 11) is -3.09. The van der Waals surface area contributed by atoms with Gasteiger partial charge in [0.1, 0.15) is 17.1 Å². The zero-order chi connectivity index (χ0) is 28.5. The molecule has 0 radical (unpaired) electrons. The Morgan fingerprint density at radius 3 is 2.41 bits per heavy atom. The second kappa shape index (κ2) is 10.9. The Hall–Kier alpha value is -3.52. The second-order valence-electron chi connectivity index (χ2n) is 8.50. The van der Waals surface area contributed by atoms with Crippen LogP contribution in [0.5, 0.6) is 5.75 Å². The Balaban J connectivity index is 1.48. The van der Waals surface area contributed by atoms with E-state index < -0.39 is 28.1 Å². The van der Waals surface area contributed by atoms with Crippen molar-refractivity contribution < 1.29 is 35.9 Å². The number of halogens is 4. The summed E-state index contributed by atoms with van der Waals surface area (Å²) < 4.78 is 74.4. The van der Waals surface area contributed by atoms with Crippen LogP contribution in [0.4, 0.5) is 18.9 Å². The molecular weight excluding hydrogens is 563 g/mol. The SMILES string of the molecule is CCc1nc2cc(OC)c(Cl)cn2c1C(=O)CCc1ccc(N2CCN(S(=O)(=O)C(F)(F)F)C(OC)=N2)cc1. The average molecular weight is 588 g/mol. The lowest BCUT2D eigenvalue weighted by molar-refractivity contribution is -0.0477. The Labute approximate surface area is 227 Å². The molecule has 0 spiro atoms. The third-order valence-electron chi connectivity index (χ3n) is 6.14. The molecule has 10 nitrogen and oxygen atoms in total. The highest BCUT2D eigenvalue weighted by molar-refractivity contribution is 7.90. The molecule has 0 atom stereocenters. The number of anilines is 1. The van der Waals surface area contributed by atoms with Crippen LogP contribution in [0, 0.1) is 0 Å². The van der Waals surface area contributed by atoms with Gasteiger partial charge < -0.3 is 9.47 Å². The van der Waals surface area contributed by atoms with Crippen molar-refractivity contribution in [3.63, 3.8) is 0 Å². The van der Waals surface area contributed by atoms with Gasteiger partial charge in [0.2, 0.25) is 0 Å². The van der Waals surface area contributed by atoms with Gasteiger partial charge in [-0.25, -0.2) is 9.29 Å². The predicted octanol–water partition coefficient (Wildman–Crippen LogP) is 4.26. The second-order valence-corrected chi connectivity index (χ2v) is 10.8. The maximum atomic E-state index is 13.2. The summed E-state index contributed by atoms with van der Waals surface area (Å²) in [5.74, 6) is 0.349. The van der Waals surface area contributed by atoms with Crippen LogP contribution in [0.3, 0.4) is 0 Å². The smallest absolute Gasteiger partial charge is 0.495 e. The van der Waals surface area contributed by atoms with Crippen molar-refractivity contribution in [1.82, 2.24) is 13.7 Å². The number of ether oxygens (including phenoxy) is 2. The minimum atomic E-state index is -5.63. The zero-order valence-corrected chi connectivity index (χ0v) is 22.8. The van der Waals surface area contributed by atoms with E-state index in [0.717, 1.165) is 12.7 Å². The number of aromatic nitrogens is 2. The van der Waals surface area contributed by atoms with Gasteiger partial charge in [-0.15, -0.1) is 5.10 Å². The summed E-state index contributed by atoms with van der Waals surface area (Å²) >= 11 is 6.26. The number of carbonyl (C=O) groups excluding carboxylic acids is 1. The molecule has 2 aromatic heterocycles. The van der Waals surface area contributed by atoms with Crippen LogP contribution in [0.15, 0.2) is 41.6 Å². The zero-order valence-electron chi connectivity index (χ0n) is 21.2. The molecule has 210 valence electrons. The highest BCUT2D eigenvalue weighted by Gasteiger charge is 2.52. The van der Waals surface area contributed by atoms with Crippen LogP contribution in [-0.4, -0.2) is 66.7 Å². The highest BCUT2D eigenvalue weighted by atomic mass is 35.5. The van der Waals surface area contributed by atoms with E-state index in [1.807, 2.05) is 6.92 Å². The van der Waals surface area contributed by atoms with E-state index in [0.29, 0.717) is 46.3 Å². The Morgan fingerprint density at radius 2 is 1.82 bits per heavy atom. The average Bonchev–Trinajstić information content (AvgIpc) is 3.27. The molecule has 0 aliphatic carbocycles. The number of methoxy groups -OCH3 is 2. The van der Waals surface area contributed by atoms with E-state index in [9.17, 15) is 26.4 Å². The summed E-state index contributed by atoms with van der Waals surface area (Å²) in [6.07, 6.45) is 2.78. The molecule has 39 heavy (non-hydrogen) atoms. The van der Waals surface area contributed by atoms with Crippen molar-refractivity contribution in [2.75, 3.05) is 32.3 Å². The monoisotopic (exact) mass is 587 g/mol. The molecule has 1 aliphatic rings. The van der Waals surface area contributed by atoms with Gasteiger partial charge in [0, 0.05) is 18.7 Å². The number of fused-ring (bicyclic) bond motifs is 1. The number of rotatable bonds is 8. The lowest BCUT2D eigenvalue weighted by atomic mass is 10.0. The molecule has 0 unspecified atom stereocenters. The number of aryl methyl sites for hydroxylation is 2. The summed E-state index contributed by atoms with van der Waals surface area (Å²) in [6, 6.07) is 7.88. The van der Waals surface area contributed by atoms with Gasteiger partial charge in [0.05, 0.1) is 43.7 Å². The van der Waals surface area contributed by atoms with Crippen LogP contribution in [-0.2, 0) is 27.6 Å². The molecule has 3 aromatic rings. The molecule has 0 N–H and O–H groups in total. The molecular formula is C24H25ClF3N5O5S. The van der Waals surface area contributed by atoms with E-state index >= 15 is 0 Å². The molecule has 0 amide bonds. The Morgan fingerprint density at radius 1 is 1.13 bits per heavy atom. The predicted molar refractivity (Wildman–Crippen MR) is 139 cm³/mol. The maximum Gasteiger partial charge on any atom is 0.516 e. The van der Waals surface area contributed by atoms with Gasteiger partial charge in [-0.05, 0) is 30.5 Å². The lowest BCUT2D eigenvalue weighted by Gasteiger charge is -2.32. The number of hydrazone groups is 1. The van der Waals surface area contributed by atoms with Crippen molar-refractivity contribution in [2.45, 2.75) is 31.7 Å². The van der Waals surface area contributed by atoms with Crippen LogP contribution in [0.1, 0.15) is 35.1 Å². The molecule has 0 saturated heterocycles. The fourth-order valence-corrected chi connectivity index (χ4v) is 5.28. The van der Waals surface area contributed by atoms with Gasteiger partial charge in [0.15, 0.2) is 5.78 Å². The molecule has 0 saturated carbocycles. The normalized spacial score (nSPS) is 14.5. The number of hydrogen-bond donors (Lipinski definition) is 0. The molecule has 1 aliphatic heterocycles. The van der Waals surface area contributed by atoms with Crippen molar-refractivity contribution in [3.8, 4) is 5.75 Å². The van der Waals surface area contributed by atoms with E-state index in [1.165, 1.54) is 12.1 Å². The first-order chi connectivity index (χ1) is 18.4. The fraction of sp³-hybridized carbons (Fsp3) is 0.375. The van der Waals surface area contributed by atoms with Gasteiger partial charge in [-0.1, -0.05) is 30.7 Å². The van der Waals surface area contributed by atoms with Gasteiger partial charge >= 0.3 is 21.6 Å². The number of ketones is 1. The van der Waals surface area contributed by atoms with Crippen LogP contribution in [0.25, 0.3) is 5.65 Å². The number of imidazole rings is 1. The number of Topliss-reactive ketones (excluding diaryl/α,β-unsaturated/α-hetero) is 1. The maximum absolute atomic E-state index is 13.2. The topological polar surface area (TPSA) is 106 Å². The van der Waals surface area contributed by atoms with Crippen molar-refractivity contribution in [1.29, 1.82) is 0 Å². The molecule has 1 aromatic carbocycles. The summed E-state index contributed by atoms with van der Waals surface area (Å²) in [5.41, 5.74) is -2.46. The third kappa shape index (κ3) is 5.48. The van der Waals surface area contributed by atoms with Crippen LogP contribution < -0.4 is 9.75 Å². The van der Waals surface area contributed by atoms with Gasteiger partial charge in [-0.2, -0.15) is 21.6 Å². The van der Waals surface area contributed by atoms with Gasteiger partial charge in [0.25, 0.3) is 0 Å². The largest absolute Gasteiger partial charge is 0.516 e. The number of carbonyl (C=O) groups is 1. The highest BCUT2D eigenvalue weighted by Crippen LogP contribution is 2.30. The molecule has 4 rings (SSSR count). The first kappa shape index (κ1) is 28.5. The number of amidine groups is 1. The third-order valence-corrected chi connectivity index (χ3v) is 7.93. The first-order valence-corrected chi connectivity index (χ1v) is 13.6. The minimum absolute atomic E-state index is 0.0947. The van der Waals surface area contributed by atoms with Crippen molar-refractivity contribution in [3.05, 3.63) is 58.5 Å². The van der Waals surface area contributed by atoms with E-state index in [-0.39, 0.29) is 23.1 Å². The van der Waals surface area contributed by atoms with Crippen molar-refractivity contribution in [2.24, 2.45) is 5.10 Å². The fourth-order valence-electron chi connectivity index (χ4n) is 4.17. The summed E-state index contributed by atoms with van der Waals surface area (Å²) in [6.45, 7) is 1.28. The molecule has 3 heterocycles. The van der Waals surface area contributed by atoms with E-state index in [1.54, 1.807) is 40.9 Å². The standard InChI is InChI=1S/C24H25ClF3N5O5S/c1-4-18-22(31-14-17(25)20(37-2)13-21(31)29-18)19(34)10-7-15-5-8-16(9-6-15)32-11-12-33(23(30-32)38-3)39(35,36)24(26,27)28/h5-6,8-9,13-14H,4,7,10-12H2,1-3H3. The van der Waals surface area contributed by atoms with Crippen molar-refractivity contribution >= 4 is 44.8 Å². The number of pyridine rings is 1.